The summed E-state index contributed by atoms with van der Waals surface area (Å²) in [4.78, 5) is 10.2. The predicted molar refractivity (Wildman–Crippen MR) is 56.4 cm³/mol. The van der Waals surface area contributed by atoms with E-state index in [2.05, 4.69) is 13.8 Å². The second kappa shape index (κ2) is 9.00. The van der Waals surface area contributed by atoms with Crippen molar-refractivity contribution in [2.24, 2.45) is 5.92 Å². The third-order valence-electron chi connectivity index (χ3n) is 2.11. The van der Waals surface area contributed by atoms with Crippen LogP contribution in [0.1, 0.15) is 46.0 Å². The molecular formula is C11H22O3. The average Bonchev–Trinajstić information content (AvgIpc) is 2.11. The highest BCUT2D eigenvalue weighted by atomic mass is 16.5. The van der Waals surface area contributed by atoms with E-state index in [1.165, 1.54) is 12.8 Å². The zero-order valence-electron chi connectivity index (χ0n) is 9.29. The fourth-order valence-electron chi connectivity index (χ4n) is 1.34. The van der Waals surface area contributed by atoms with Gasteiger partial charge < -0.3 is 9.84 Å². The van der Waals surface area contributed by atoms with Gasteiger partial charge in [0.05, 0.1) is 0 Å². The molecule has 14 heavy (non-hydrogen) atoms. The first kappa shape index (κ1) is 13.4. The molecule has 0 aromatic heterocycles. The fraction of sp³-hybridized carbons (Fsp3) is 0.909. The van der Waals surface area contributed by atoms with Crippen LogP contribution in [0.3, 0.4) is 0 Å². The van der Waals surface area contributed by atoms with Crippen LogP contribution < -0.4 is 0 Å². The van der Waals surface area contributed by atoms with Gasteiger partial charge in [-0.25, -0.2) is 0 Å². The van der Waals surface area contributed by atoms with Crippen molar-refractivity contribution in [1.82, 2.24) is 0 Å². The van der Waals surface area contributed by atoms with Crippen LogP contribution in [0.4, 0.5) is 0 Å². The number of carbonyl (C=O) groups is 1. The van der Waals surface area contributed by atoms with Crippen LogP contribution in [0.2, 0.25) is 0 Å². The second-order valence-electron chi connectivity index (χ2n) is 3.82. The van der Waals surface area contributed by atoms with E-state index >= 15 is 0 Å². The van der Waals surface area contributed by atoms with Gasteiger partial charge in [-0.1, -0.05) is 20.3 Å². The normalized spacial score (nSPS) is 12.7. The minimum Gasteiger partial charge on any atom is -0.481 e. The minimum atomic E-state index is -0.718. The summed E-state index contributed by atoms with van der Waals surface area (Å²) < 4.78 is 5.44. The number of carboxylic acids is 1. The molecule has 1 atom stereocenters. The first-order valence-corrected chi connectivity index (χ1v) is 5.46. The topological polar surface area (TPSA) is 46.5 Å². The maximum Gasteiger partial charge on any atom is 0.303 e. The van der Waals surface area contributed by atoms with Crippen LogP contribution in [-0.4, -0.2) is 24.3 Å². The van der Waals surface area contributed by atoms with Gasteiger partial charge >= 0.3 is 5.97 Å². The quantitative estimate of drug-likeness (QED) is 0.585. The average molecular weight is 202 g/mol. The molecule has 0 aromatic rings. The fourth-order valence-corrected chi connectivity index (χ4v) is 1.34. The van der Waals surface area contributed by atoms with Gasteiger partial charge in [0.15, 0.2) is 0 Å². The van der Waals surface area contributed by atoms with Gasteiger partial charge in [0, 0.05) is 19.6 Å². The molecule has 84 valence electrons. The van der Waals surface area contributed by atoms with Crippen molar-refractivity contribution in [2.45, 2.75) is 46.0 Å². The van der Waals surface area contributed by atoms with Crippen molar-refractivity contribution in [3.63, 3.8) is 0 Å². The molecule has 0 aliphatic rings. The van der Waals surface area contributed by atoms with E-state index in [1.807, 2.05) is 0 Å². The summed E-state index contributed by atoms with van der Waals surface area (Å²) in [5.41, 5.74) is 0. The van der Waals surface area contributed by atoms with E-state index in [1.54, 1.807) is 0 Å². The Labute approximate surface area is 86.5 Å². The molecule has 0 aliphatic heterocycles. The molecule has 0 bridgehead atoms. The van der Waals surface area contributed by atoms with E-state index in [0.717, 1.165) is 19.4 Å². The Bertz CT molecular complexity index is 145. The summed E-state index contributed by atoms with van der Waals surface area (Å²) in [6, 6.07) is 0. The lowest BCUT2D eigenvalue weighted by molar-refractivity contribution is -0.137. The van der Waals surface area contributed by atoms with Gasteiger partial charge in [-0.3, -0.25) is 4.79 Å². The maximum absolute atomic E-state index is 10.2. The zero-order valence-corrected chi connectivity index (χ0v) is 9.29. The first-order chi connectivity index (χ1) is 6.66. The number of unbranched alkanes of at least 4 members (excludes halogenated alkanes) is 1. The zero-order chi connectivity index (χ0) is 10.8. The Hall–Kier alpha value is -0.570. The number of hydrogen-bond acceptors (Lipinski definition) is 2. The summed E-state index contributed by atoms with van der Waals surface area (Å²) in [7, 11) is 0. The Morgan fingerprint density at radius 2 is 2.14 bits per heavy atom. The van der Waals surface area contributed by atoms with E-state index in [4.69, 9.17) is 9.84 Å². The Morgan fingerprint density at radius 3 is 2.71 bits per heavy atom. The molecule has 0 fully saturated rings. The van der Waals surface area contributed by atoms with Crippen molar-refractivity contribution in [3.8, 4) is 0 Å². The van der Waals surface area contributed by atoms with Crippen molar-refractivity contribution < 1.29 is 14.6 Å². The highest BCUT2D eigenvalue weighted by Gasteiger charge is 2.00. The lowest BCUT2D eigenvalue weighted by Crippen LogP contribution is -2.07. The van der Waals surface area contributed by atoms with E-state index in [0.29, 0.717) is 12.5 Å². The smallest absolute Gasteiger partial charge is 0.303 e. The molecular weight excluding hydrogens is 180 g/mol. The molecule has 0 spiro atoms. The molecule has 0 radical (unpaired) electrons. The lowest BCUT2D eigenvalue weighted by Gasteiger charge is -2.10. The molecule has 0 aromatic carbocycles. The monoisotopic (exact) mass is 202 g/mol. The summed E-state index contributed by atoms with van der Waals surface area (Å²) in [6.45, 7) is 5.85. The van der Waals surface area contributed by atoms with Crippen molar-refractivity contribution >= 4 is 5.97 Å². The second-order valence-corrected chi connectivity index (χ2v) is 3.82. The molecule has 0 heterocycles. The van der Waals surface area contributed by atoms with Crippen LogP contribution in [-0.2, 0) is 9.53 Å². The molecule has 1 N–H and O–H groups in total. The summed E-state index contributed by atoms with van der Waals surface area (Å²) in [5, 5.41) is 8.39. The summed E-state index contributed by atoms with van der Waals surface area (Å²) in [5.74, 6) is -0.0937. The molecule has 0 amide bonds. The SMILES string of the molecule is CCCC(C)COCCCCC(=O)O. The van der Waals surface area contributed by atoms with Gasteiger partial charge in [0.1, 0.15) is 0 Å². The Kier molecular flexibility index (Phi) is 8.64. The van der Waals surface area contributed by atoms with Gasteiger partial charge in [0.2, 0.25) is 0 Å². The van der Waals surface area contributed by atoms with Crippen LogP contribution in [0.15, 0.2) is 0 Å². The summed E-state index contributed by atoms with van der Waals surface area (Å²) in [6.07, 6.45) is 4.23. The molecule has 0 rings (SSSR count). The highest BCUT2D eigenvalue weighted by molar-refractivity contribution is 5.66. The van der Waals surface area contributed by atoms with Crippen LogP contribution in [0.5, 0.6) is 0 Å². The van der Waals surface area contributed by atoms with Crippen molar-refractivity contribution in [1.29, 1.82) is 0 Å². The number of rotatable bonds is 9. The molecule has 0 aliphatic carbocycles. The Balaban J connectivity index is 3.09. The molecule has 3 nitrogen and oxygen atoms in total. The highest BCUT2D eigenvalue weighted by Crippen LogP contribution is 2.05. The van der Waals surface area contributed by atoms with E-state index in [-0.39, 0.29) is 6.42 Å². The predicted octanol–water partition coefficient (Wildman–Crippen LogP) is 2.69. The number of hydrogen-bond donors (Lipinski definition) is 1. The van der Waals surface area contributed by atoms with E-state index < -0.39 is 5.97 Å². The number of carboxylic acid groups (broad SMARTS) is 1. The molecule has 0 saturated carbocycles. The number of ether oxygens (including phenoxy) is 1. The lowest BCUT2D eigenvalue weighted by atomic mass is 10.1. The van der Waals surface area contributed by atoms with E-state index in [9.17, 15) is 4.79 Å². The van der Waals surface area contributed by atoms with Crippen molar-refractivity contribution in [2.75, 3.05) is 13.2 Å². The summed E-state index contributed by atoms with van der Waals surface area (Å²) >= 11 is 0. The van der Waals surface area contributed by atoms with Crippen LogP contribution >= 0.6 is 0 Å². The third kappa shape index (κ3) is 9.52. The van der Waals surface area contributed by atoms with Gasteiger partial charge in [-0.15, -0.1) is 0 Å². The molecule has 3 heteroatoms. The van der Waals surface area contributed by atoms with Gasteiger partial charge in [-0.05, 0) is 25.2 Å². The van der Waals surface area contributed by atoms with Crippen LogP contribution in [0.25, 0.3) is 0 Å². The van der Waals surface area contributed by atoms with Crippen molar-refractivity contribution in [3.05, 3.63) is 0 Å². The standard InChI is InChI=1S/C11H22O3/c1-3-6-10(2)9-14-8-5-4-7-11(12)13/h10H,3-9H2,1-2H3,(H,12,13). The number of aliphatic carboxylic acids is 1. The molecule has 1 unspecified atom stereocenters. The van der Waals surface area contributed by atoms with Crippen LogP contribution in [0, 0.1) is 5.92 Å². The third-order valence-corrected chi connectivity index (χ3v) is 2.11. The Morgan fingerprint density at radius 1 is 1.43 bits per heavy atom. The largest absolute Gasteiger partial charge is 0.481 e. The van der Waals surface area contributed by atoms with Gasteiger partial charge in [0.25, 0.3) is 0 Å². The molecule has 0 saturated heterocycles. The first-order valence-electron chi connectivity index (χ1n) is 5.46. The van der Waals surface area contributed by atoms with Gasteiger partial charge in [-0.2, -0.15) is 0 Å². The minimum absolute atomic E-state index is 0.258. The maximum atomic E-state index is 10.2.